The summed E-state index contributed by atoms with van der Waals surface area (Å²) in [5, 5.41) is 2.23. The number of allylic oxidation sites excluding steroid dienone is 1. The van der Waals surface area contributed by atoms with Crippen LogP contribution in [0.4, 0.5) is 105 Å². The first kappa shape index (κ1) is 71.6. The van der Waals surface area contributed by atoms with Crippen molar-refractivity contribution in [1.82, 2.24) is 0 Å². The molecule has 0 radical (unpaired) electrons. The molecule has 504 valence electrons. The maximum Gasteiger partial charge on any atom is 0.416 e. The highest BCUT2D eigenvalue weighted by Gasteiger charge is 2.48. The molecule has 30 heteroatoms. The quantitative estimate of drug-likeness (QED) is 0.0246. The van der Waals surface area contributed by atoms with Gasteiger partial charge in [-0.2, -0.15) is 127 Å². The minimum Gasteiger partial charge on any atom is -0.459 e. The molecule has 6 aromatic carbocycles. The molecular weight excluding hydrogens is 1310 g/mol. The highest BCUT2D eigenvalue weighted by Crippen LogP contribution is 2.42. The average molecular weight is 1360 g/mol. The number of nitrogens with zero attached hydrogens (tertiary/aromatic N) is 1. The third kappa shape index (κ3) is 17.0. The van der Waals surface area contributed by atoms with E-state index < -0.39 is 207 Å². The topological polar surface area (TPSA) is 56.5 Å². The van der Waals surface area contributed by atoms with Crippen LogP contribution in [0.15, 0.2) is 151 Å². The van der Waals surface area contributed by atoms with Crippen LogP contribution in [-0.2, 0) is 75.0 Å². The Kier molecular flexibility index (Phi) is 20.5. The largest absolute Gasteiger partial charge is 0.459 e. The number of rotatable bonds is 11. The summed E-state index contributed by atoms with van der Waals surface area (Å²) in [6.45, 7) is 0.351. The van der Waals surface area contributed by atoms with Crippen LogP contribution in [0.25, 0.3) is 16.3 Å². The minimum atomic E-state index is -6.13. The van der Waals surface area contributed by atoms with Gasteiger partial charge in [0.1, 0.15) is 18.4 Å². The lowest BCUT2D eigenvalue weighted by molar-refractivity contribution is -0.683. The van der Waals surface area contributed by atoms with E-state index in [0.717, 1.165) is 80.5 Å². The number of ether oxygens (including phenoxy) is 2. The number of hydrogen-bond donors (Lipinski definition) is 0. The molecule has 0 atom stereocenters. The summed E-state index contributed by atoms with van der Waals surface area (Å²) in [5.41, 5.74) is -28.7. The highest BCUT2D eigenvalue weighted by atomic mass is 19.4. The first-order chi connectivity index (χ1) is 43.4. The zero-order valence-corrected chi connectivity index (χ0v) is 48.0. The van der Waals surface area contributed by atoms with Crippen molar-refractivity contribution >= 4 is 56.3 Å². The summed E-state index contributed by atoms with van der Waals surface area (Å²) in [6.07, 6.45) is -41.2. The van der Waals surface area contributed by atoms with Crippen molar-refractivity contribution in [3.63, 3.8) is 0 Å². The third-order valence-corrected chi connectivity index (χ3v) is 16.0. The second kappa shape index (κ2) is 26.9. The van der Waals surface area contributed by atoms with Crippen molar-refractivity contribution in [3.05, 3.63) is 201 Å². The Labute approximate surface area is 517 Å². The normalized spacial score (nSPS) is 15.3. The lowest BCUT2D eigenvalue weighted by atomic mass is 9.12. The highest BCUT2D eigenvalue weighted by molar-refractivity contribution is 7.20. The number of pyridine rings is 1. The van der Waals surface area contributed by atoms with Crippen LogP contribution in [0.3, 0.4) is 0 Å². The van der Waals surface area contributed by atoms with Gasteiger partial charge in [0.2, 0.25) is 0 Å². The summed E-state index contributed by atoms with van der Waals surface area (Å²) >= 11 is 0. The average Bonchev–Trinajstić information content (AvgIpc) is 0.708. The Hall–Kier alpha value is -8.21. The van der Waals surface area contributed by atoms with E-state index in [1.807, 2.05) is 53.2 Å². The molecular formula is C64H48BF24NO4. The Bertz CT molecular complexity index is 3430. The predicted molar refractivity (Wildman–Crippen MR) is 294 cm³/mol. The summed E-state index contributed by atoms with van der Waals surface area (Å²) in [7, 11) is 0. The number of esters is 2. The monoisotopic (exact) mass is 1360 g/mol. The molecule has 5 nitrogen and oxygen atoms in total. The fraction of sp³-hybridized carbons (Fsp3) is 0.328. The van der Waals surface area contributed by atoms with Gasteiger partial charge in [-0.05, 0) is 92.6 Å². The molecule has 0 saturated heterocycles. The number of halogens is 24. The first-order valence-electron chi connectivity index (χ1n) is 28.4. The van der Waals surface area contributed by atoms with Crippen molar-refractivity contribution in [2.75, 3.05) is 0 Å². The van der Waals surface area contributed by atoms with Crippen LogP contribution in [-0.4, -0.2) is 30.3 Å². The molecule has 0 amide bonds. The molecule has 1 heterocycles. The summed E-state index contributed by atoms with van der Waals surface area (Å²) in [4.78, 5) is 27.4. The van der Waals surface area contributed by atoms with Crippen molar-refractivity contribution in [1.29, 1.82) is 0 Å². The zero-order valence-electron chi connectivity index (χ0n) is 48.0. The second-order valence-electron chi connectivity index (χ2n) is 22.5. The smallest absolute Gasteiger partial charge is 0.416 e. The van der Waals surface area contributed by atoms with Crippen LogP contribution in [0.5, 0.6) is 0 Å². The number of hydrogen-bond acceptors (Lipinski definition) is 4. The van der Waals surface area contributed by atoms with Crippen molar-refractivity contribution in [2.24, 2.45) is 0 Å². The van der Waals surface area contributed by atoms with Crippen LogP contribution in [0.1, 0.15) is 114 Å². The van der Waals surface area contributed by atoms with E-state index in [-0.39, 0.29) is 17.8 Å². The van der Waals surface area contributed by atoms with Crippen LogP contribution in [0, 0.1) is 0 Å². The van der Waals surface area contributed by atoms with Crippen molar-refractivity contribution in [2.45, 2.75) is 132 Å². The molecule has 0 unspecified atom stereocenters. The van der Waals surface area contributed by atoms with Gasteiger partial charge in [-0.15, -0.1) is 0 Å². The van der Waals surface area contributed by atoms with E-state index in [0.29, 0.717) is 12.1 Å². The number of fused-ring (bicyclic) bond motifs is 1. The Morgan fingerprint density at radius 1 is 0.362 bits per heavy atom. The fourth-order valence-electron chi connectivity index (χ4n) is 11.6. The van der Waals surface area contributed by atoms with Gasteiger partial charge >= 0.3 is 61.3 Å². The number of carbonyl (C=O) groups is 2. The maximum atomic E-state index is 14.2. The van der Waals surface area contributed by atoms with E-state index in [9.17, 15) is 115 Å². The van der Waals surface area contributed by atoms with Crippen LogP contribution < -0.4 is 26.4 Å². The zero-order chi connectivity index (χ0) is 69.4. The SMILES string of the molecule is FC(F)(F)c1cc([B-](c2cc(C(F)(F)F)cc(C(F)(F)F)c2)(c2cc(C(F)(F)F)cc(C(F)(F)F)c2)c2cc(C(F)(F)F)cc(C(F)(F)F)c2)cc(C(F)(F)F)c1.O=C(OC1CCCCC1)C(C(=O)OC1CCCCC1)=C(C[n+]1ccc2ccccc2c1)c1ccccc1. The number of carbonyl (C=O) groups excluding carboxylic acids is 2. The first-order valence-corrected chi connectivity index (χ1v) is 28.4. The molecule has 2 fully saturated rings. The standard InChI is InChI=1S/C32H12BF24.C32H36NO4/c34-25(35,36)13-1-14(26(37,38)39)6-21(5-13)33(22-7-15(27(40,41)42)2-16(8-22)28(43,44)45,23-9-17(29(46,47)48)3-18(10-23)30(49,50)51)24-11-19(31(52,53)54)4-20(12-24)32(55,56)57;34-31(36-27-16-6-2-7-17-27)30(32(35)37-28-18-8-3-9-19-28)29(25-13-4-1-5-14-25)23-33-21-20-24-12-10-11-15-26(24)22-33/h1-12H;1,4-5,10-15,20-22,27-28H,2-3,6-9,16-19,23H2/q-1;+1. The van der Waals surface area contributed by atoms with Crippen molar-refractivity contribution < 1.29 is 129 Å². The van der Waals surface area contributed by atoms with Gasteiger partial charge in [0.05, 0.1) is 44.5 Å². The third-order valence-electron chi connectivity index (χ3n) is 16.0. The van der Waals surface area contributed by atoms with Gasteiger partial charge in [-0.3, -0.25) is 0 Å². The van der Waals surface area contributed by atoms with Gasteiger partial charge in [0, 0.05) is 17.0 Å². The van der Waals surface area contributed by atoms with E-state index in [4.69, 9.17) is 9.47 Å². The van der Waals surface area contributed by atoms with E-state index in [2.05, 4.69) is 24.4 Å². The molecule has 9 rings (SSSR count). The van der Waals surface area contributed by atoms with Gasteiger partial charge in [-0.25, -0.2) is 14.2 Å². The molecule has 0 aliphatic heterocycles. The van der Waals surface area contributed by atoms with E-state index >= 15 is 0 Å². The fourth-order valence-corrected chi connectivity index (χ4v) is 11.6. The molecule has 2 aliphatic carbocycles. The maximum absolute atomic E-state index is 14.2. The molecule has 2 saturated carbocycles. The van der Waals surface area contributed by atoms with Crippen LogP contribution >= 0.6 is 0 Å². The molecule has 94 heavy (non-hydrogen) atoms. The molecule has 0 bridgehead atoms. The number of aromatic nitrogens is 1. The van der Waals surface area contributed by atoms with E-state index in [1.165, 1.54) is 0 Å². The Morgan fingerprint density at radius 2 is 0.638 bits per heavy atom. The molecule has 0 N–H and O–H groups in total. The molecule has 0 spiro atoms. The summed E-state index contributed by atoms with van der Waals surface area (Å²) in [5.74, 6) is -1.12. The van der Waals surface area contributed by atoms with Gasteiger partial charge < -0.3 is 9.47 Å². The predicted octanol–water partition coefficient (Wildman–Crippen LogP) is 17.5. The van der Waals surface area contributed by atoms with Crippen LogP contribution in [0.2, 0.25) is 0 Å². The lowest BCUT2D eigenvalue weighted by Gasteiger charge is -2.46. The number of alkyl halides is 24. The molecule has 2 aliphatic rings. The van der Waals surface area contributed by atoms with Gasteiger partial charge in [-0.1, -0.05) is 110 Å². The Morgan fingerprint density at radius 3 is 0.926 bits per heavy atom. The summed E-state index contributed by atoms with van der Waals surface area (Å²) in [6, 6.07) is 11.1. The number of benzene rings is 6. The van der Waals surface area contributed by atoms with E-state index in [1.54, 1.807) is 0 Å². The minimum absolute atomic E-state index is 0.0306. The lowest BCUT2D eigenvalue weighted by Crippen LogP contribution is -2.75. The molecule has 1 aromatic heterocycles. The summed E-state index contributed by atoms with van der Waals surface area (Å²) < 4.78 is 355. The Balaban J connectivity index is 0.000000263. The molecule has 7 aromatic rings. The van der Waals surface area contributed by atoms with Gasteiger partial charge in [0.15, 0.2) is 24.5 Å². The second-order valence-corrected chi connectivity index (χ2v) is 22.5. The van der Waals surface area contributed by atoms with Gasteiger partial charge in [0.25, 0.3) is 0 Å². The van der Waals surface area contributed by atoms with Crippen molar-refractivity contribution in [3.8, 4) is 0 Å².